The van der Waals surface area contributed by atoms with E-state index in [1.54, 1.807) is 6.20 Å². The summed E-state index contributed by atoms with van der Waals surface area (Å²) in [5.74, 6) is 0.869. The summed E-state index contributed by atoms with van der Waals surface area (Å²) < 4.78 is 3.98. The van der Waals surface area contributed by atoms with E-state index in [4.69, 9.17) is 0 Å². The molecule has 0 aliphatic carbocycles. The van der Waals surface area contributed by atoms with E-state index in [9.17, 15) is 5.11 Å². The molecule has 7 nitrogen and oxygen atoms in total. The predicted molar refractivity (Wildman–Crippen MR) is 94.6 cm³/mol. The maximum absolute atomic E-state index is 9.74. The first-order valence-corrected chi connectivity index (χ1v) is 8.49. The lowest BCUT2D eigenvalue weighted by molar-refractivity contribution is 0.145. The fourth-order valence-electron chi connectivity index (χ4n) is 3.54. The van der Waals surface area contributed by atoms with Crippen LogP contribution >= 0.6 is 0 Å². The van der Waals surface area contributed by atoms with Gasteiger partial charge in [0, 0.05) is 25.5 Å². The van der Waals surface area contributed by atoms with Crippen molar-refractivity contribution in [1.82, 2.24) is 24.0 Å². The van der Waals surface area contributed by atoms with Gasteiger partial charge in [0.25, 0.3) is 0 Å². The van der Waals surface area contributed by atoms with E-state index >= 15 is 0 Å². The highest BCUT2D eigenvalue weighted by Gasteiger charge is 2.21. The SMILES string of the molecule is OC1CCN(c2nccn3c(-c4cccc5ccnn45)cnc23)CC1. The molecular formula is C18H18N6O. The number of aromatic nitrogens is 5. The molecule has 7 heteroatoms. The molecule has 0 bridgehead atoms. The van der Waals surface area contributed by atoms with E-state index < -0.39 is 0 Å². The first-order chi connectivity index (χ1) is 12.3. The van der Waals surface area contributed by atoms with Gasteiger partial charge in [-0.25, -0.2) is 14.5 Å². The maximum Gasteiger partial charge on any atom is 0.180 e. The molecular weight excluding hydrogens is 316 g/mol. The van der Waals surface area contributed by atoms with Gasteiger partial charge in [-0.2, -0.15) is 5.10 Å². The van der Waals surface area contributed by atoms with Crippen molar-refractivity contribution >= 4 is 17.0 Å². The lowest BCUT2D eigenvalue weighted by atomic mass is 10.1. The van der Waals surface area contributed by atoms with E-state index in [-0.39, 0.29) is 6.10 Å². The second kappa shape index (κ2) is 5.56. The Kier molecular flexibility index (Phi) is 3.21. The molecule has 0 saturated carbocycles. The van der Waals surface area contributed by atoms with Crippen LogP contribution in [0.5, 0.6) is 0 Å². The first-order valence-electron chi connectivity index (χ1n) is 8.49. The number of hydrogen-bond acceptors (Lipinski definition) is 5. The molecule has 1 N–H and O–H groups in total. The zero-order valence-corrected chi connectivity index (χ0v) is 13.7. The third-order valence-electron chi connectivity index (χ3n) is 4.86. The molecule has 1 aliphatic rings. The van der Waals surface area contributed by atoms with Gasteiger partial charge in [-0.1, -0.05) is 6.07 Å². The summed E-state index contributed by atoms with van der Waals surface area (Å²) >= 11 is 0. The highest BCUT2D eigenvalue weighted by Crippen LogP contribution is 2.27. The first kappa shape index (κ1) is 14.4. The van der Waals surface area contributed by atoms with Gasteiger partial charge < -0.3 is 10.0 Å². The molecule has 1 aliphatic heterocycles. The summed E-state index contributed by atoms with van der Waals surface area (Å²) in [6.07, 6.45) is 8.74. The monoisotopic (exact) mass is 334 g/mol. The standard InChI is InChI=1S/C18H18N6O/c25-14-5-9-22(10-6-14)17-18-20-12-16(23(18)11-8-19-17)15-3-1-2-13-4-7-21-24(13)15/h1-4,7-8,11-12,14,25H,5-6,9-10H2. The van der Waals surface area contributed by atoms with Crippen LogP contribution in [0.15, 0.2) is 49.1 Å². The molecule has 5 heterocycles. The van der Waals surface area contributed by atoms with E-state index in [1.165, 1.54) is 0 Å². The van der Waals surface area contributed by atoms with Gasteiger partial charge in [0.15, 0.2) is 11.5 Å². The normalized spacial score (nSPS) is 16.1. The minimum Gasteiger partial charge on any atom is -0.393 e. The van der Waals surface area contributed by atoms with Crippen molar-refractivity contribution in [2.75, 3.05) is 18.0 Å². The number of piperidine rings is 1. The molecule has 25 heavy (non-hydrogen) atoms. The molecule has 126 valence electrons. The van der Waals surface area contributed by atoms with Crippen LogP contribution in [0.2, 0.25) is 0 Å². The second-order valence-electron chi connectivity index (χ2n) is 6.39. The minimum atomic E-state index is -0.205. The second-order valence-corrected chi connectivity index (χ2v) is 6.39. The summed E-state index contributed by atoms with van der Waals surface area (Å²) in [6, 6.07) is 8.09. The van der Waals surface area contributed by atoms with Crippen molar-refractivity contribution in [3.63, 3.8) is 0 Å². The third kappa shape index (κ3) is 2.27. The highest BCUT2D eigenvalue weighted by atomic mass is 16.3. The van der Waals surface area contributed by atoms with Crippen LogP contribution in [-0.4, -0.2) is 48.3 Å². The van der Waals surface area contributed by atoms with E-state index in [0.717, 1.165) is 54.3 Å². The van der Waals surface area contributed by atoms with Crippen LogP contribution in [0.4, 0.5) is 5.82 Å². The van der Waals surface area contributed by atoms with Crippen molar-refractivity contribution in [2.45, 2.75) is 18.9 Å². The van der Waals surface area contributed by atoms with Gasteiger partial charge in [0.1, 0.15) is 0 Å². The molecule has 0 atom stereocenters. The van der Waals surface area contributed by atoms with Gasteiger partial charge in [-0.3, -0.25) is 4.40 Å². The lowest BCUT2D eigenvalue weighted by Gasteiger charge is -2.30. The Morgan fingerprint density at radius 1 is 1.00 bits per heavy atom. The Bertz CT molecular complexity index is 1040. The molecule has 5 rings (SSSR count). The Morgan fingerprint density at radius 3 is 2.76 bits per heavy atom. The molecule has 0 radical (unpaired) electrons. The van der Waals surface area contributed by atoms with E-state index in [2.05, 4.69) is 24.4 Å². The van der Waals surface area contributed by atoms with Crippen molar-refractivity contribution in [3.05, 3.63) is 49.1 Å². The molecule has 0 amide bonds. The Balaban J connectivity index is 1.65. The Labute approximate surface area is 144 Å². The summed E-state index contributed by atoms with van der Waals surface area (Å²) in [5.41, 5.74) is 3.84. The zero-order valence-electron chi connectivity index (χ0n) is 13.7. The van der Waals surface area contributed by atoms with Crippen LogP contribution in [0.1, 0.15) is 12.8 Å². The van der Waals surface area contributed by atoms with Crippen LogP contribution < -0.4 is 4.90 Å². The third-order valence-corrected chi connectivity index (χ3v) is 4.86. The number of aliphatic hydroxyl groups excluding tert-OH is 1. The van der Waals surface area contributed by atoms with Gasteiger partial charge >= 0.3 is 0 Å². The van der Waals surface area contributed by atoms with Crippen molar-refractivity contribution in [2.24, 2.45) is 0 Å². The lowest BCUT2D eigenvalue weighted by Crippen LogP contribution is -2.36. The quantitative estimate of drug-likeness (QED) is 0.607. The van der Waals surface area contributed by atoms with Crippen molar-refractivity contribution in [1.29, 1.82) is 0 Å². The maximum atomic E-state index is 9.74. The predicted octanol–water partition coefficient (Wildman–Crippen LogP) is 2.01. The summed E-state index contributed by atoms with van der Waals surface area (Å²) in [7, 11) is 0. The molecule has 0 spiro atoms. The number of rotatable bonds is 2. The largest absolute Gasteiger partial charge is 0.393 e. The number of imidazole rings is 1. The highest BCUT2D eigenvalue weighted by molar-refractivity contribution is 5.71. The van der Waals surface area contributed by atoms with Gasteiger partial charge in [-0.15, -0.1) is 0 Å². The number of nitrogens with zero attached hydrogens (tertiary/aromatic N) is 6. The van der Waals surface area contributed by atoms with Crippen LogP contribution in [-0.2, 0) is 0 Å². The molecule has 0 unspecified atom stereocenters. The fourth-order valence-corrected chi connectivity index (χ4v) is 3.54. The average molecular weight is 334 g/mol. The molecule has 1 saturated heterocycles. The van der Waals surface area contributed by atoms with Crippen molar-refractivity contribution < 1.29 is 5.11 Å². The fraction of sp³-hybridized carbons (Fsp3) is 0.278. The number of pyridine rings is 1. The number of fused-ring (bicyclic) bond motifs is 2. The summed E-state index contributed by atoms with van der Waals surface area (Å²) in [5, 5.41) is 14.2. The van der Waals surface area contributed by atoms with Crippen molar-refractivity contribution in [3.8, 4) is 11.4 Å². The minimum absolute atomic E-state index is 0.205. The summed E-state index contributed by atoms with van der Waals surface area (Å²) in [4.78, 5) is 11.4. The molecule has 4 aromatic heterocycles. The van der Waals surface area contributed by atoms with Gasteiger partial charge in [0.05, 0.1) is 35.4 Å². The Hall–Kier alpha value is -2.93. The Morgan fingerprint density at radius 2 is 1.88 bits per heavy atom. The molecule has 4 aromatic rings. The summed E-state index contributed by atoms with van der Waals surface area (Å²) in [6.45, 7) is 1.59. The number of hydrogen-bond donors (Lipinski definition) is 1. The topological polar surface area (TPSA) is 71.0 Å². The van der Waals surface area contributed by atoms with E-state index in [1.807, 2.05) is 47.4 Å². The van der Waals surface area contributed by atoms with Crippen LogP contribution in [0.3, 0.4) is 0 Å². The average Bonchev–Trinajstić information content (AvgIpc) is 3.29. The van der Waals surface area contributed by atoms with Gasteiger partial charge in [0.2, 0.25) is 0 Å². The number of aliphatic hydroxyl groups is 1. The van der Waals surface area contributed by atoms with Crippen LogP contribution in [0, 0.1) is 0 Å². The molecule has 1 fully saturated rings. The van der Waals surface area contributed by atoms with Gasteiger partial charge in [-0.05, 0) is 31.0 Å². The van der Waals surface area contributed by atoms with E-state index in [0.29, 0.717) is 0 Å². The van der Waals surface area contributed by atoms with Crippen LogP contribution in [0.25, 0.3) is 22.6 Å². The number of anilines is 1. The molecule has 0 aromatic carbocycles. The smallest absolute Gasteiger partial charge is 0.180 e. The zero-order chi connectivity index (χ0) is 16.8.